The van der Waals surface area contributed by atoms with Gasteiger partial charge in [-0.3, -0.25) is 0 Å². The van der Waals surface area contributed by atoms with Gasteiger partial charge in [0.25, 0.3) is 0 Å². The molecule has 170 valence electrons. The van der Waals surface area contributed by atoms with Crippen molar-refractivity contribution < 1.29 is 66.6 Å². The fourth-order valence-corrected chi connectivity index (χ4v) is 3.52. The summed E-state index contributed by atoms with van der Waals surface area (Å²) < 4.78 is 173. The highest BCUT2D eigenvalue weighted by molar-refractivity contribution is 6.71. The number of aliphatic hydroxyl groups excluding tert-OH is 1. The molecule has 0 aliphatic heterocycles. The summed E-state index contributed by atoms with van der Waals surface area (Å²) in [6.07, 6.45) is -9.69. The molecule has 0 rings (SSSR count). The summed E-state index contributed by atoms with van der Waals surface area (Å²) in [5, 5.41) is 8.51. The molecule has 1 N–H and O–H groups in total. The van der Waals surface area contributed by atoms with Gasteiger partial charge in [-0.05, 0) is 19.1 Å². The second-order valence-electron chi connectivity index (χ2n) is 6.33. The Morgan fingerprint density at radius 1 is 0.679 bits per heavy atom. The highest BCUT2D eigenvalue weighted by atomic mass is 28.4. The zero-order valence-corrected chi connectivity index (χ0v) is 15.1. The van der Waals surface area contributed by atoms with Crippen LogP contribution >= 0.6 is 0 Å². The predicted molar refractivity (Wildman–Crippen MR) is 70.7 cm³/mol. The fraction of sp³-hybridized carbons (Fsp3) is 1.00. The van der Waals surface area contributed by atoms with Gasteiger partial charge in [0.2, 0.25) is 0 Å². The molecule has 0 fully saturated rings. The molecule has 0 aromatic rings. The van der Waals surface area contributed by atoms with Gasteiger partial charge in [0.1, 0.15) is 0 Å². The molecule has 0 aromatic heterocycles. The maximum absolute atomic E-state index is 13.6. The molecular formula is C12H15F13O2Si. The van der Waals surface area contributed by atoms with Crippen LogP contribution in [0.1, 0.15) is 6.42 Å². The molecule has 0 saturated heterocycles. The van der Waals surface area contributed by atoms with E-state index in [0.29, 0.717) is 0 Å². The van der Waals surface area contributed by atoms with Crippen LogP contribution in [0.15, 0.2) is 0 Å². The minimum Gasteiger partial charge on any atom is -0.415 e. The Bertz CT molecular complexity index is 530. The Labute approximate surface area is 150 Å². The molecule has 0 unspecified atom stereocenters. The van der Waals surface area contributed by atoms with Crippen LogP contribution in [0.25, 0.3) is 0 Å². The van der Waals surface area contributed by atoms with E-state index in [0.717, 1.165) is 13.1 Å². The molecule has 28 heavy (non-hydrogen) atoms. The van der Waals surface area contributed by atoms with Gasteiger partial charge in [-0.1, -0.05) is 0 Å². The lowest BCUT2D eigenvalue weighted by atomic mass is 9.93. The van der Waals surface area contributed by atoms with Crippen molar-refractivity contribution in [3.8, 4) is 0 Å². The maximum atomic E-state index is 13.6. The first-order valence-electron chi connectivity index (χ1n) is 7.22. The zero-order valence-electron chi connectivity index (χ0n) is 14.1. The van der Waals surface area contributed by atoms with Crippen LogP contribution in [0.3, 0.4) is 0 Å². The van der Waals surface area contributed by atoms with Crippen molar-refractivity contribution in [2.24, 2.45) is 0 Å². The highest BCUT2D eigenvalue weighted by Crippen LogP contribution is 2.60. The Morgan fingerprint density at radius 2 is 1.07 bits per heavy atom. The Morgan fingerprint density at radius 3 is 1.43 bits per heavy atom. The van der Waals surface area contributed by atoms with Gasteiger partial charge < -0.3 is 9.53 Å². The van der Waals surface area contributed by atoms with Crippen LogP contribution in [0.4, 0.5) is 57.1 Å². The second-order valence-corrected chi connectivity index (χ2v) is 10.6. The standard InChI is InChI=1S/C12H15F13O2Si/c1-28(2,27-5-4-26)6-3-7(13,14)8(15,16)9(17,18)10(19,20)11(21,22)12(23,24)25/h26H,3-6H2,1-2H3. The van der Waals surface area contributed by atoms with E-state index in [-0.39, 0.29) is 0 Å². The molecule has 0 radical (unpaired) electrons. The van der Waals surface area contributed by atoms with E-state index in [1.54, 1.807) is 0 Å². The quantitative estimate of drug-likeness (QED) is 0.349. The van der Waals surface area contributed by atoms with Gasteiger partial charge in [0, 0.05) is 6.42 Å². The Balaban J connectivity index is 5.86. The second kappa shape index (κ2) is 7.81. The maximum Gasteiger partial charge on any atom is 0.460 e. The van der Waals surface area contributed by atoms with E-state index < -0.39 is 69.8 Å². The van der Waals surface area contributed by atoms with Crippen molar-refractivity contribution in [2.45, 2.75) is 61.3 Å². The SMILES string of the molecule is C[Si](C)(CCC(F)(F)C(F)(F)C(F)(F)C(F)(F)C(F)(F)C(F)(F)F)OCCO. The molecular weight excluding hydrogens is 451 g/mol. The van der Waals surface area contributed by atoms with Crippen molar-refractivity contribution in [3.05, 3.63) is 0 Å². The third-order valence-corrected chi connectivity index (χ3v) is 6.06. The number of halogens is 13. The third kappa shape index (κ3) is 4.68. The normalized spacial score (nSPS) is 15.9. The van der Waals surface area contributed by atoms with E-state index in [1.165, 1.54) is 0 Å². The molecule has 0 bridgehead atoms. The van der Waals surface area contributed by atoms with E-state index in [2.05, 4.69) is 0 Å². The number of rotatable bonds is 10. The molecule has 0 heterocycles. The highest BCUT2D eigenvalue weighted by Gasteiger charge is 2.90. The van der Waals surface area contributed by atoms with Crippen molar-refractivity contribution in [1.82, 2.24) is 0 Å². The van der Waals surface area contributed by atoms with Crippen molar-refractivity contribution in [1.29, 1.82) is 0 Å². The smallest absolute Gasteiger partial charge is 0.415 e. The lowest BCUT2D eigenvalue weighted by Crippen LogP contribution is -2.70. The number of aliphatic hydroxyl groups is 1. The third-order valence-electron chi connectivity index (χ3n) is 3.62. The lowest BCUT2D eigenvalue weighted by molar-refractivity contribution is -0.439. The first-order valence-corrected chi connectivity index (χ1v) is 10.3. The summed E-state index contributed by atoms with van der Waals surface area (Å²) in [6.45, 7) is 1.12. The summed E-state index contributed by atoms with van der Waals surface area (Å²) in [7, 11) is -3.32. The average molecular weight is 466 g/mol. The van der Waals surface area contributed by atoms with Gasteiger partial charge in [-0.2, -0.15) is 57.1 Å². The van der Waals surface area contributed by atoms with Crippen LogP contribution < -0.4 is 0 Å². The zero-order chi connectivity index (χ0) is 23.0. The fourth-order valence-electron chi connectivity index (χ4n) is 1.81. The molecule has 0 aliphatic carbocycles. The number of hydrogen-bond acceptors (Lipinski definition) is 2. The van der Waals surface area contributed by atoms with Crippen LogP contribution in [0.2, 0.25) is 19.1 Å². The van der Waals surface area contributed by atoms with Crippen LogP contribution in [-0.4, -0.2) is 62.4 Å². The molecule has 0 spiro atoms. The molecule has 0 saturated carbocycles. The van der Waals surface area contributed by atoms with Gasteiger partial charge in [0.05, 0.1) is 13.2 Å². The van der Waals surface area contributed by atoms with E-state index >= 15 is 0 Å². The van der Waals surface area contributed by atoms with Crippen LogP contribution in [0, 0.1) is 0 Å². The summed E-state index contributed by atoms with van der Waals surface area (Å²) in [5.74, 6) is -36.7. The van der Waals surface area contributed by atoms with Gasteiger partial charge in [-0.25, -0.2) is 0 Å². The molecule has 0 aliphatic rings. The predicted octanol–water partition coefficient (Wildman–Crippen LogP) is 5.33. The molecule has 16 heteroatoms. The minimum atomic E-state index is -7.88. The minimum absolute atomic E-state index is 0.451. The van der Waals surface area contributed by atoms with Crippen LogP contribution in [-0.2, 0) is 4.43 Å². The number of alkyl halides is 13. The average Bonchev–Trinajstić information content (AvgIpc) is 2.49. The summed E-state index contributed by atoms with van der Waals surface area (Å²) in [5.41, 5.74) is 0. The first kappa shape index (κ1) is 27.2. The van der Waals surface area contributed by atoms with Crippen LogP contribution in [0.5, 0.6) is 0 Å². The van der Waals surface area contributed by atoms with E-state index in [1.807, 2.05) is 0 Å². The topological polar surface area (TPSA) is 29.5 Å². The molecule has 0 amide bonds. The first-order chi connectivity index (χ1) is 12.0. The van der Waals surface area contributed by atoms with Crippen molar-refractivity contribution in [3.63, 3.8) is 0 Å². The Hall–Kier alpha value is -0.773. The largest absolute Gasteiger partial charge is 0.460 e. The molecule has 0 atom stereocenters. The van der Waals surface area contributed by atoms with E-state index in [4.69, 9.17) is 9.53 Å². The summed E-state index contributed by atoms with van der Waals surface area (Å²) in [4.78, 5) is 0. The van der Waals surface area contributed by atoms with E-state index in [9.17, 15) is 57.1 Å². The van der Waals surface area contributed by atoms with Gasteiger partial charge in [-0.15, -0.1) is 0 Å². The van der Waals surface area contributed by atoms with Gasteiger partial charge in [0.15, 0.2) is 8.32 Å². The number of hydrogen-bond donors (Lipinski definition) is 1. The van der Waals surface area contributed by atoms with Crippen molar-refractivity contribution in [2.75, 3.05) is 13.2 Å². The molecule has 2 nitrogen and oxygen atoms in total. The lowest BCUT2D eigenvalue weighted by Gasteiger charge is -2.40. The summed E-state index contributed by atoms with van der Waals surface area (Å²) >= 11 is 0. The Kier molecular flexibility index (Phi) is 7.59. The monoisotopic (exact) mass is 466 g/mol. The van der Waals surface area contributed by atoms with Gasteiger partial charge >= 0.3 is 35.8 Å². The van der Waals surface area contributed by atoms with Crippen molar-refractivity contribution >= 4 is 8.32 Å². The molecule has 0 aromatic carbocycles. The summed E-state index contributed by atoms with van der Waals surface area (Å²) in [6, 6.07) is -1.09.